The van der Waals surface area contributed by atoms with Crippen molar-refractivity contribution in [1.82, 2.24) is 9.78 Å². The van der Waals surface area contributed by atoms with E-state index in [1.54, 1.807) is 11.8 Å². The monoisotopic (exact) mass is 271 g/mol. The van der Waals surface area contributed by atoms with Crippen LogP contribution in [0.25, 0.3) is 5.69 Å². The highest BCUT2D eigenvalue weighted by molar-refractivity contribution is 5.66. The lowest BCUT2D eigenvalue weighted by Gasteiger charge is -2.12. The lowest BCUT2D eigenvalue weighted by molar-refractivity contribution is 0.414. The van der Waals surface area contributed by atoms with Gasteiger partial charge in [-0.1, -0.05) is 0 Å². The van der Waals surface area contributed by atoms with Gasteiger partial charge in [0.25, 0.3) is 0 Å². The lowest BCUT2D eigenvalue weighted by Crippen LogP contribution is -2.17. The third-order valence-electron chi connectivity index (χ3n) is 3.17. The van der Waals surface area contributed by atoms with E-state index in [0.717, 1.165) is 18.0 Å². The Morgan fingerprint density at radius 2 is 2.05 bits per heavy atom. The second-order valence-corrected chi connectivity index (χ2v) is 4.32. The van der Waals surface area contributed by atoms with E-state index in [0.29, 0.717) is 17.2 Å². The molecular formula is C14H17N5O. The van der Waals surface area contributed by atoms with Crippen LogP contribution in [0.15, 0.2) is 24.3 Å². The van der Waals surface area contributed by atoms with E-state index in [9.17, 15) is 5.26 Å². The Bertz CT molecular complexity index is 639. The SMILES string of the molecule is CCN(C)c1nn(-c2ccc(OC)cc2)c(N)c1C#N. The van der Waals surface area contributed by atoms with Gasteiger partial charge < -0.3 is 15.4 Å². The van der Waals surface area contributed by atoms with E-state index >= 15 is 0 Å². The molecular weight excluding hydrogens is 254 g/mol. The molecule has 2 aromatic rings. The average Bonchev–Trinajstić information content (AvgIpc) is 2.83. The van der Waals surface area contributed by atoms with Gasteiger partial charge >= 0.3 is 0 Å². The zero-order valence-corrected chi connectivity index (χ0v) is 11.8. The normalized spacial score (nSPS) is 10.1. The molecule has 0 fully saturated rings. The summed E-state index contributed by atoms with van der Waals surface area (Å²) >= 11 is 0. The molecule has 0 saturated carbocycles. The predicted molar refractivity (Wildman–Crippen MR) is 78.2 cm³/mol. The Kier molecular flexibility index (Phi) is 3.80. The van der Waals surface area contributed by atoms with Crippen LogP contribution < -0.4 is 15.4 Å². The van der Waals surface area contributed by atoms with Gasteiger partial charge in [-0.05, 0) is 31.2 Å². The zero-order chi connectivity index (χ0) is 14.7. The maximum atomic E-state index is 9.26. The summed E-state index contributed by atoms with van der Waals surface area (Å²) in [6, 6.07) is 9.46. The first kappa shape index (κ1) is 13.7. The molecule has 6 nitrogen and oxygen atoms in total. The summed E-state index contributed by atoms with van der Waals surface area (Å²) < 4.78 is 6.69. The fraction of sp³-hybridized carbons (Fsp3) is 0.286. The molecule has 0 aliphatic heterocycles. The van der Waals surface area contributed by atoms with Crippen molar-refractivity contribution < 1.29 is 4.74 Å². The van der Waals surface area contributed by atoms with Crippen molar-refractivity contribution in [3.8, 4) is 17.5 Å². The Morgan fingerprint density at radius 3 is 2.55 bits per heavy atom. The van der Waals surface area contributed by atoms with Crippen LogP contribution in [0.2, 0.25) is 0 Å². The highest BCUT2D eigenvalue weighted by Gasteiger charge is 2.18. The topological polar surface area (TPSA) is 80.1 Å². The highest BCUT2D eigenvalue weighted by Crippen LogP contribution is 2.27. The Morgan fingerprint density at radius 1 is 1.40 bits per heavy atom. The largest absolute Gasteiger partial charge is 0.497 e. The number of nitrogens with two attached hydrogens (primary N) is 1. The number of nitriles is 1. The molecule has 0 spiro atoms. The van der Waals surface area contributed by atoms with E-state index in [2.05, 4.69) is 11.2 Å². The van der Waals surface area contributed by atoms with E-state index in [1.807, 2.05) is 43.1 Å². The van der Waals surface area contributed by atoms with Crippen LogP contribution in [0.5, 0.6) is 5.75 Å². The zero-order valence-electron chi connectivity index (χ0n) is 11.8. The average molecular weight is 271 g/mol. The molecule has 2 rings (SSSR count). The van der Waals surface area contributed by atoms with Gasteiger partial charge in [0.1, 0.15) is 23.2 Å². The van der Waals surface area contributed by atoms with Crippen LogP contribution in [0.1, 0.15) is 12.5 Å². The number of benzene rings is 1. The summed E-state index contributed by atoms with van der Waals surface area (Å²) in [5, 5.41) is 13.7. The summed E-state index contributed by atoms with van der Waals surface area (Å²) in [6.07, 6.45) is 0. The van der Waals surface area contributed by atoms with Gasteiger partial charge in [0, 0.05) is 13.6 Å². The molecule has 0 aliphatic rings. The molecule has 0 amide bonds. The summed E-state index contributed by atoms with van der Waals surface area (Å²) in [5.74, 6) is 1.68. The Balaban J connectivity index is 2.51. The van der Waals surface area contributed by atoms with E-state index in [4.69, 9.17) is 10.5 Å². The molecule has 0 bridgehead atoms. The minimum atomic E-state index is 0.341. The van der Waals surface area contributed by atoms with E-state index < -0.39 is 0 Å². The van der Waals surface area contributed by atoms with Gasteiger partial charge in [-0.25, -0.2) is 4.68 Å². The van der Waals surface area contributed by atoms with Crippen LogP contribution >= 0.6 is 0 Å². The van der Waals surface area contributed by atoms with Crippen LogP contribution in [0, 0.1) is 11.3 Å². The highest BCUT2D eigenvalue weighted by atomic mass is 16.5. The standard InChI is InChI=1S/C14H17N5O/c1-4-18(2)14-12(9-15)13(16)19(17-14)10-5-7-11(20-3)8-6-10/h5-8H,4,16H2,1-3H3. The number of nitrogen functional groups attached to an aromatic ring is 1. The summed E-state index contributed by atoms with van der Waals surface area (Å²) in [5.41, 5.74) is 7.21. The number of hydrogen-bond donors (Lipinski definition) is 1. The molecule has 1 heterocycles. The lowest BCUT2D eigenvalue weighted by atomic mass is 10.3. The predicted octanol–water partition coefficient (Wildman–Crippen LogP) is 1.79. The van der Waals surface area contributed by atoms with Crippen molar-refractivity contribution in [3.63, 3.8) is 0 Å². The molecule has 1 aromatic heterocycles. The quantitative estimate of drug-likeness (QED) is 0.917. The van der Waals surface area contributed by atoms with Crippen molar-refractivity contribution >= 4 is 11.6 Å². The van der Waals surface area contributed by atoms with Gasteiger partial charge in [-0.3, -0.25) is 0 Å². The van der Waals surface area contributed by atoms with Crippen molar-refractivity contribution in [3.05, 3.63) is 29.8 Å². The molecule has 1 aromatic carbocycles. The number of anilines is 2. The number of rotatable bonds is 4. The summed E-state index contributed by atoms with van der Waals surface area (Å²) in [6.45, 7) is 2.73. The van der Waals surface area contributed by atoms with Crippen molar-refractivity contribution in [2.75, 3.05) is 31.3 Å². The Labute approximate surface area is 118 Å². The number of hydrogen-bond acceptors (Lipinski definition) is 5. The second kappa shape index (κ2) is 5.53. The number of ether oxygens (including phenoxy) is 1. The van der Waals surface area contributed by atoms with Gasteiger partial charge in [0.2, 0.25) is 0 Å². The molecule has 0 saturated heterocycles. The Hall–Kier alpha value is -2.68. The first-order valence-electron chi connectivity index (χ1n) is 6.26. The molecule has 0 atom stereocenters. The van der Waals surface area contributed by atoms with Gasteiger partial charge in [-0.2, -0.15) is 5.26 Å². The molecule has 6 heteroatoms. The van der Waals surface area contributed by atoms with Crippen molar-refractivity contribution in [2.24, 2.45) is 0 Å². The van der Waals surface area contributed by atoms with Crippen molar-refractivity contribution in [2.45, 2.75) is 6.92 Å². The third kappa shape index (κ3) is 2.26. The summed E-state index contributed by atoms with van der Waals surface area (Å²) in [7, 11) is 3.49. The molecule has 20 heavy (non-hydrogen) atoms. The van der Waals surface area contributed by atoms with Crippen LogP contribution in [0.3, 0.4) is 0 Å². The fourth-order valence-corrected chi connectivity index (χ4v) is 1.86. The minimum Gasteiger partial charge on any atom is -0.497 e. The smallest absolute Gasteiger partial charge is 0.171 e. The van der Waals surface area contributed by atoms with Crippen molar-refractivity contribution in [1.29, 1.82) is 5.26 Å². The van der Waals surface area contributed by atoms with Crippen LogP contribution in [-0.2, 0) is 0 Å². The molecule has 2 N–H and O–H groups in total. The molecule has 0 aliphatic carbocycles. The second-order valence-electron chi connectivity index (χ2n) is 4.32. The van der Waals surface area contributed by atoms with Gasteiger partial charge in [0.15, 0.2) is 5.82 Å². The minimum absolute atomic E-state index is 0.341. The van der Waals surface area contributed by atoms with Crippen LogP contribution in [0.4, 0.5) is 11.6 Å². The third-order valence-corrected chi connectivity index (χ3v) is 3.17. The molecule has 0 radical (unpaired) electrons. The maximum Gasteiger partial charge on any atom is 0.171 e. The number of nitrogens with zero attached hydrogens (tertiary/aromatic N) is 4. The molecule has 104 valence electrons. The van der Waals surface area contributed by atoms with Crippen LogP contribution in [-0.4, -0.2) is 30.5 Å². The maximum absolute atomic E-state index is 9.26. The van der Waals surface area contributed by atoms with Gasteiger partial charge in [0.05, 0.1) is 12.8 Å². The van der Waals surface area contributed by atoms with Gasteiger partial charge in [-0.15, -0.1) is 5.10 Å². The fourth-order valence-electron chi connectivity index (χ4n) is 1.86. The van der Waals surface area contributed by atoms with E-state index in [-0.39, 0.29) is 0 Å². The number of aromatic nitrogens is 2. The first-order valence-corrected chi connectivity index (χ1v) is 6.26. The van der Waals surface area contributed by atoms with E-state index in [1.165, 1.54) is 0 Å². The summed E-state index contributed by atoms with van der Waals surface area (Å²) in [4.78, 5) is 1.88. The first-order chi connectivity index (χ1) is 9.62. The molecule has 0 unspecified atom stereocenters. The number of methoxy groups -OCH3 is 1.